The number of benzene rings is 1. The molecule has 1 aromatic rings. The molecule has 0 radical (unpaired) electrons. The summed E-state index contributed by atoms with van der Waals surface area (Å²) < 4.78 is 0. The Kier molecular flexibility index (Phi) is 3.58. The van der Waals surface area contributed by atoms with E-state index in [0.29, 0.717) is 0 Å². The maximum atomic E-state index is 2.49. The van der Waals surface area contributed by atoms with Gasteiger partial charge in [-0.15, -0.1) is 0 Å². The van der Waals surface area contributed by atoms with Crippen LogP contribution in [0.2, 0.25) is 0 Å². The van der Waals surface area contributed by atoms with E-state index in [1.54, 1.807) is 16.7 Å². The normalized spacial score (nSPS) is 33.3. The van der Waals surface area contributed by atoms with Gasteiger partial charge in [0.25, 0.3) is 0 Å². The summed E-state index contributed by atoms with van der Waals surface area (Å²) in [6, 6.07) is 7.25. The van der Waals surface area contributed by atoms with Gasteiger partial charge in [0, 0.05) is 0 Å². The van der Waals surface area contributed by atoms with E-state index in [1.165, 1.54) is 70.6 Å². The minimum Gasteiger partial charge on any atom is -0.0617 e. The minimum absolute atomic E-state index is 0.905. The molecule has 0 nitrogen and oxygen atoms in total. The Balaban J connectivity index is 1.69. The highest BCUT2D eigenvalue weighted by molar-refractivity contribution is 5.39. The van der Waals surface area contributed by atoms with Crippen LogP contribution in [0, 0.1) is 11.8 Å². The summed E-state index contributed by atoms with van der Waals surface area (Å²) >= 11 is 0. The molecule has 4 rings (SSSR count). The Morgan fingerprint density at radius 3 is 2.60 bits per heavy atom. The quantitative estimate of drug-likeness (QED) is 0.618. The first-order chi connectivity index (χ1) is 9.93. The fourth-order valence-electron chi connectivity index (χ4n) is 5.48. The summed E-state index contributed by atoms with van der Waals surface area (Å²) in [7, 11) is 0. The smallest absolute Gasteiger partial charge is 0.0128 e. The molecule has 2 saturated carbocycles. The minimum atomic E-state index is 0.905. The zero-order chi connectivity index (χ0) is 13.4. The van der Waals surface area contributed by atoms with Crippen LogP contribution in [0.1, 0.15) is 80.4 Å². The molecule has 0 amide bonds. The standard InChI is InChI=1S/C20H28/c1-3-11-17-15(7-1)9-5-13-19(17)20-14-6-10-16-8-2-4-12-18(16)20/h5,9,13,16,18,20H,1-4,6-8,10-12,14H2. The van der Waals surface area contributed by atoms with Crippen LogP contribution in [0.5, 0.6) is 0 Å². The van der Waals surface area contributed by atoms with Crippen molar-refractivity contribution >= 4 is 0 Å². The molecular formula is C20H28. The zero-order valence-electron chi connectivity index (χ0n) is 12.7. The van der Waals surface area contributed by atoms with Crippen LogP contribution >= 0.6 is 0 Å². The number of hydrogen-bond donors (Lipinski definition) is 0. The highest BCUT2D eigenvalue weighted by Gasteiger charge is 2.36. The van der Waals surface area contributed by atoms with E-state index in [9.17, 15) is 0 Å². The molecule has 0 heterocycles. The summed E-state index contributed by atoms with van der Waals surface area (Å²) in [5.41, 5.74) is 5.24. The van der Waals surface area contributed by atoms with Gasteiger partial charge < -0.3 is 0 Å². The van der Waals surface area contributed by atoms with Gasteiger partial charge in [0.15, 0.2) is 0 Å². The van der Waals surface area contributed by atoms with Crippen molar-refractivity contribution in [2.45, 2.75) is 76.5 Å². The number of rotatable bonds is 1. The molecule has 108 valence electrons. The first-order valence-corrected chi connectivity index (χ1v) is 9.04. The number of fused-ring (bicyclic) bond motifs is 2. The SMILES string of the molecule is c1cc2c(c(C3CCCC4CCCCC43)c1)CCCC2. The molecule has 0 spiro atoms. The third-order valence-corrected chi connectivity index (χ3v) is 6.41. The molecule has 0 aromatic heterocycles. The van der Waals surface area contributed by atoms with E-state index in [0.717, 1.165) is 17.8 Å². The second kappa shape index (κ2) is 5.54. The second-order valence-electron chi connectivity index (χ2n) is 7.44. The van der Waals surface area contributed by atoms with Gasteiger partial charge in [-0.25, -0.2) is 0 Å². The van der Waals surface area contributed by atoms with Gasteiger partial charge >= 0.3 is 0 Å². The van der Waals surface area contributed by atoms with E-state index in [4.69, 9.17) is 0 Å². The monoisotopic (exact) mass is 268 g/mol. The molecule has 0 saturated heterocycles. The first-order valence-electron chi connectivity index (χ1n) is 9.04. The van der Waals surface area contributed by atoms with Crippen molar-refractivity contribution in [3.63, 3.8) is 0 Å². The molecule has 0 bridgehead atoms. The first kappa shape index (κ1) is 12.9. The van der Waals surface area contributed by atoms with Crippen molar-refractivity contribution in [2.24, 2.45) is 11.8 Å². The molecule has 20 heavy (non-hydrogen) atoms. The fourth-order valence-corrected chi connectivity index (χ4v) is 5.48. The van der Waals surface area contributed by atoms with Crippen LogP contribution in [0.15, 0.2) is 18.2 Å². The third-order valence-electron chi connectivity index (χ3n) is 6.41. The van der Waals surface area contributed by atoms with Crippen molar-refractivity contribution < 1.29 is 0 Å². The maximum Gasteiger partial charge on any atom is -0.0128 e. The lowest BCUT2D eigenvalue weighted by molar-refractivity contribution is 0.144. The van der Waals surface area contributed by atoms with Crippen molar-refractivity contribution in [1.29, 1.82) is 0 Å². The van der Waals surface area contributed by atoms with E-state index < -0.39 is 0 Å². The largest absolute Gasteiger partial charge is 0.0617 e. The highest BCUT2D eigenvalue weighted by Crippen LogP contribution is 2.49. The van der Waals surface area contributed by atoms with E-state index in [1.807, 2.05) is 0 Å². The van der Waals surface area contributed by atoms with Crippen LogP contribution in [-0.2, 0) is 12.8 Å². The Bertz CT molecular complexity index is 471. The van der Waals surface area contributed by atoms with Gasteiger partial charge in [0.2, 0.25) is 0 Å². The Morgan fingerprint density at radius 1 is 0.750 bits per heavy atom. The fraction of sp³-hybridized carbons (Fsp3) is 0.700. The van der Waals surface area contributed by atoms with Gasteiger partial charge in [-0.1, -0.05) is 50.3 Å². The predicted molar refractivity (Wildman–Crippen MR) is 85.1 cm³/mol. The van der Waals surface area contributed by atoms with Crippen molar-refractivity contribution in [3.8, 4) is 0 Å². The molecule has 0 N–H and O–H groups in total. The Labute approximate surface area is 124 Å². The predicted octanol–water partition coefficient (Wildman–Crippen LogP) is 5.64. The summed E-state index contributed by atoms with van der Waals surface area (Å²) in [6.07, 6.45) is 16.0. The molecule has 3 atom stereocenters. The van der Waals surface area contributed by atoms with Gasteiger partial charge in [0.05, 0.1) is 0 Å². The summed E-state index contributed by atoms with van der Waals surface area (Å²) in [6.45, 7) is 0. The second-order valence-corrected chi connectivity index (χ2v) is 7.44. The van der Waals surface area contributed by atoms with Crippen LogP contribution in [0.25, 0.3) is 0 Å². The van der Waals surface area contributed by atoms with Crippen LogP contribution in [0.4, 0.5) is 0 Å². The van der Waals surface area contributed by atoms with Gasteiger partial charge in [-0.2, -0.15) is 0 Å². The summed E-state index contributed by atoms with van der Waals surface area (Å²) in [5, 5.41) is 0. The topological polar surface area (TPSA) is 0 Å². The molecule has 0 aliphatic heterocycles. The van der Waals surface area contributed by atoms with Gasteiger partial charge in [-0.3, -0.25) is 0 Å². The van der Waals surface area contributed by atoms with Gasteiger partial charge in [0.1, 0.15) is 0 Å². The highest BCUT2D eigenvalue weighted by atomic mass is 14.4. The average molecular weight is 268 g/mol. The average Bonchev–Trinajstić information content (AvgIpc) is 2.54. The maximum absolute atomic E-state index is 2.49. The van der Waals surface area contributed by atoms with Crippen molar-refractivity contribution in [3.05, 3.63) is 34.9 Å². The molecule has 2 fully saturated rings. The lowest BCUT2D eigenvalue weighted by Crippen LogP contribution is -2.30. The van der Waals surface area contributed by atoms with Crippen molar-refractivity contribution in [2.75, 3.05) is 0 Å². The molecule has 1 aromatic carbocycles. The Morgan fingerprint density at radius 2 is 1.60 bits per heavy atom. The molecular weight excluding hydrogens is 240 g/mol. The lowest BCUT2D eigenvalue weighted by Gasteiger charge is -2.42. The van der Waals surface area contributed by atoms with E-state index in [-0.39, 0.29) is 0 Å². The van der Waals surface area contributed by atoms with Crippen LogP contribution < -0.4 is 0 Å². The van der Waals surface area contributed by atoms with Crippen LogP contribution in [0.3, 0.4) is 0 Å². The van der Waals surface area contributed by atoms with Crippen molar-refractivity contribution in [1.82, 2.24) is 0 Å². The Hall–Kier alpha value is -0.780. The lowest BCUT2D eigenvalue weighted by atomic mass is 9.62. The molecule has 3 aliphatic carbocycles. The third kappa shape index (κ3) is 2.22. The summed E-state index contributed by atoms with van der Waals surface area (Å²) in [5.74, 6) is 2.98. The van der Waals surface area contributed by atoms with Crippen LogP contribution in [-0.4, -0.2) is 0 Å². The van der Waals surface area contributed by atoms with E-state index in [2.05, 4.69) is 18.2 Å². The van der Waals surface area contributed by atoms with E-state index >= 15 is 0 Å². The molecule has 3 unspecified atom stereocenters. The van der Waals surface area contributed by atoms with Gasteiger partial charge in [-0.05, 0) is 73.0 Å². The number of hydrogen-bond acceptors (Lipinski definition) is 0. The number of aryl methyl sites for hydroxylation is 1. The zero-order valence-corrected chi connectivity index (χ0v) is 12.7. The molecule has 3 aliphatic rings. The molecule has 0 heteroatoms. The summed E-state index contributed by atoms with van der Waals surface area (Å²) in [4.78, 5) is 0.